The molecule has 0 radical (unpaired) electrons. The Hall–Kier alpha value is -0.610. The van der Waals surface area contributed by atoms with Crippen molar-refractivity contribution in [1.29, 1.82) is 0 Å². The number of nitrogens with zero attached hydrogens (tertiary/aromatic N) is 1. The summed E-state index contributed by atoms with van der Waals surface area (Å²) in [7, 11) is 0. The minimum absolute atomic E-state index is 0.250. The van der Waals surface area contributed by atoms with Crippen LogP contribution in [-0.4, -0.2) is 11.1 Å². The van der Waals surface area contributed by atoms with E-state index in [0.29, 0.717) is 12.4 Å². The van der Waals surface area contributed by atoms with Gasteiger partial charge >= 0.3 is 0 Å². The van der Waals surface area contributed by atoms with E-state index in [-0.39, 0.29) is 6.10 Å². The van der Waals surface area contributed by atoms with Crippen LogP contribution < -0.4 is 5.73 Å². The summed E-state index contributed by atoms with van der Waals surface area (Å²) in [5.41, 5.74) is 5.43. The molecule has 1 rings (SSSR count). The summed E-state index contributed by atoms with van der Waals surface area (Å²) < 4.78 is 5.33. The molecule has 1 aromatic rings. The van der Waals surface area contributed by atoms with E-state index in [4.69, 9.17) is 10.5 Å². The van der Waals surface area contributed by atoms with Crippen molar-refractivity contribution in [2.45, 2.75) is 26.6 Å². The molecular formula is C7H12N2OS. The summed E-state index contributed by atoms with van der Waals surface area (Å²) in [6, 6.07) is 0. The maximum atomic E-state index is 5.43. The van der Waals surface area contributed by atoms with Gasteiger partial charge in [0.1, 0.15) is 10.8 Å². The molecule has 1 aromatic heterocycles. The fourth-order valence-electron chi connectivity index (χ4n) is 0.629. The fraction of sp³-hybridized carbons (Fsp3) is 0.571. The maximum Gasteiger partial charge on any atom is 0.134 e. The van der Waals surface area contributed by atoms with Crippen molar-refractivity contribution in [3.8, 4) is 0 Å². The van der Waals surface area contributed by atoms with Gasteiger partial charge < -0.3 is 10.5 Å². The predicted molar refractivity (Wildman–Crippen MR) is 46.5 cm³/mol. The van der Waals surface area contributed by atoms with Crippen LogP contribution >= 0.6 is 11.3 Å². The Bertz CT molecular complexity index is 222. The van der Waals surface area contributed by atoms with Crippen LogP contribution in [0.5, 0.6) is 0 Å². The number of rotatable bonds is 3. The Morgan fingerprint density at radius 3 is 2.91 bits per heavy atom. The number of thiazole rings is 1. The van der Waals surface area contributed by atoms with Crippen LogP contribution in [0.3, 0.4) is 0 Å². The Balaban J connectivity index is 2.39. The Morgan fingerprint density at radius 1 is 1.73 bits per heavy atom. The third kappa shape index (κ3) is 2.86. The second-order valence-corrected chi connectivity index (χ2v) is 3.47. The molecule has 0 unspecified atom stereocenters. The molecule has 0 saturated carbocycles. The smallest absolute Gasteiger partial charge is 0.134 e. The van der Waals surface area contributed by atoms with Crippen LogP contribution in [-0.2, 0) is 11.3 Å². The lowest BCUT2D eigenvalue weighted by molar-refractivity contribution is 0.0656. The molecule has 1 heterocycles. The molecule has 0 aromatic carbocycles. The molecule has 0 bridgehead atoms. The van der Waals surface area contributed by atoms with Crippen LogP contribution in [0.15, 0.2) is 5.38 Å². The van der Waals surface area contributed by atoms with Crippen molar-refractivity contribution in [2.75, 3.05) is 5.73 Å². The number of hydrogen-bond donors (Lipinski definition) is 1. The van der Waals surface area contributed by atoms with Crippen molar-refractivity contribution in [3.05, 3.63) is 10.4 Å². The van der Waals surface area contributed by atoms with E-state index in [1.54, 1.807) is 0 Å². The molecule has 0 aliphatic rings. The highest BCUT2D eigenvalue weighted by Crippen LogP contribution is 2.12. The van der Waals surface area contributed by atoms with Gasteiger partial charge in [0.2, 0.25) is 0 Å². The van der Waals surface area contributed by atoms with Crippen LogP contribution in [0.25, 0.3) is 0 Å². The van der Waals surface area contributed by atoms with E-state index in [0.717, 1.165) is 5.01 Å². The van der Waals surface area contributed by atoms with E-state index in [1.165, 1.54) is 11.3 Å². The average molecular weight is 172 g/mol. The fourth-order valence-corrected chi connectivity index (χ4v) is 1.23. The number of hydrogen-bond acceptors (Lipinski definition) is 4. The molecule has 0 fully saturated rings. The summed E-state index contributed by atoms with van der Waals surface area (Å²) in [5, 5.41) is 2.76. The summed E-state index contributed by atoms with van der Waals surface area (Å²) in [6.45, 7) is 4.56. The largest absolute Gasteiger partial charge is 0.383 e. The van der Waals surface area contributed by atoms with Crippen LogP contribution in [0.1, 0.15) is 18.9 Å². The monoisotopic (exact) mass is 172 g/mol. The van der Waals surface area contributed by atoms with Crippen molar-refractivity contribution < 1.29 is 4.74 Å². The highest BCUT2D eigenvalue weighted by Gasteiger charge is 1.99. The summed E-state index contributed by atoms with van der Waals surface area (Å²) in [5.74, 6) is 0.581. The molecule has 2 N–H and O–H groups in total. The lowest BCUT2D eigenvalue weighted by Gasteiger charge is -2.03. The van der Waals surface area contributed by atoms with Gasteiger partial charge in [-0.05, 0) is 13.8 Å². The zero-order valence-corrected chi connectivity index (χ0v) is 7.52. The van der Waals surface area contributed by atoms with Crippen molar-refractivity contribution in [1.82, 2.24) is 4.98 Å². The quantitative estimate of drug-likeness (QED) is 0.754. The highest BCUT2D eigenvalue weighted by atomic mass is 32.1. The molecule has 0 aliphatic carbocycles. The minimum Gasteiger partial charge on any atom is -0.383 e. The molecule has 3 nitrogen and oxygen atoms in total. The van der Waals surface area contributed by atoms with Gasteiger partial charge in [-0.1, -0.05) is 0 Å². The average Bonchev–Trinajstić information content (AvgIpc) is 2.31. The van der Waals surface area contributed by atoms with Crippen molar-refractivity contribution in [2.24, 2.45) is 0 Å². The zero-order chi connectivity index (χ0) is 8.27. The standard InChI is InChI=1S/C7H12N2OS/c1-5(2)10-3-7-9-6(8)4-11-7/h4-5H,3,8H2,1-2H3. The number of ether oxygens (including phenoxy) is 1. The van der Waals surface area contributed by atoms with Crippen molar-refractivity contribution >= 4 is 17.2 Å². The molecule has 0 spiro atoms. The number of anilines is 1. The summed E-state index contributed by atoms with van der Waals surface area (Å²) >= 11 is 1.53. The van der Waals surface area contributed by atoms with E-state index in [2.05, 4.69) is 4.98 Å². The van der Waals surface area contributed by atoms with Gasteiger partial charge in [-0.2, -0.15) is 0 Å². The second kappa shape index (κ2) is 3.69. The second-order valence-electron chi connectivity index (χ2n) is 2.53. The first kappa shape index (κ1) is 8.49. The number of aromatic nitrogens is 1. The Morgan fingerprint density at radius 2 is 2.45 bits per heavy atom. The van der Waals surface area contributed by atoms with Crippen LogP contribution in [0, 0.1) is 0 Å². The SMILES string of the molecule is CC(C)OCc1nc(N)cs1. The van der Waals surface area contributed by atoms with Gasteiger partial charge in [-0.15, -0.1) is 11.3 Å². The van der Waals surface area contributed by atoms with Gasteiger partial charge in [0.25, 0.3) is 0 Å². The Labute approximate surface area is 70.2 Å². The van der Waals surface area contributed by atoms with E-state index in [9.17, 15) is 0 Å². The lowest BCUT2D eigenvalue weighted by atomic mass is 10.5. The van der Waals surface area contributed by atoms with Crippen molar-refractivity contribution in [3.63, 3.8) is 0 Å². The maximum absolute atomic E-state index is 5.43. The molecule has 0 amide bonds. The van der Waals surface area contributed by atoms with Gasteiger partial charge in [0.05, 0.1) is 12.7 Å². The lowest BCUT2D eigenvalue weighted by Crippen LogP contribution is -2.01. The summed E-state index contributed by atoms with van der Waals surface area (Å²) in [6.07, 6.45) is 0.250. The first-order valence-corrected chi connectivity index (χ1v) is 4.38. The van der Waals surface area contributed by atoms with Gasteiger partial charge in [0, 0.05) is 5.38 Å². The molecule has 0 aliphatic heterocycles. The Kier molecular flexibility index (Phi) is 2.84. The number of nitrogens with two attached hydrogens (primary N) is 1. The van der Waals surface area contributed by atoms with E-state index >= 15 is 0 Å². The third-order valence-electron chi connectivity index (χ3n) is 1.11. The molecular weight excluding hydrogens is 160 g/mol. The normalized spacial score (nSPS) is 10.8. The molecule has 0 atom stereocenters. The molecule has 4 heteroatoms. The van der Waals surface area contributed by atoms with E-state index < -0.39 is 0 Å². The van der Waals surface area contributed by atoms with Gasteiger partial charge in [-0.25, -0.2) is 4.98 Å². The topological polar surface area (TPSA) is 48.1 Å². The predicted octanol–water partition coefficient (Wildman–Crippen LogP) is 1.65. The van der Waals surface area contributed by atoms with E-state index in [1.807, 2.05) is 19.2 Å². The van der Waals surface area contributed by atoms with Gasteiger partial charge in [-0.3, -0.25) is 0 Å². The summed E-state index contributed by atoms with van der Waals surface area (Å²) in [4.78, 5) is 4.05. The minimum atomic E-state index is 0.250. The first-order valence-electron chi connectivity index (χ1n) is 3.50. The zero-order valence-electron chi connectivity index (χ0n) is 6.70. The first-order chi connectivity index (χ1) is 5.18. The third-order valence-corrected chi connectivity index (χ3v) is 1.95. The molecule has 11 heavy (non-hydrogen) atoms. The van der Waals surface area contributed by atoms with Crippen LogP contribution in [0.4, 0.5) is 5.82 Å². The van der Waals surface area contributed by atoms with Crippen LogP contribution in [0.2, 0.25) is 0 Å². The molecule has 62 valence electrons. The highest BCUT2D eigenvalue weighted by molar-refractivity contribution is 7.09. The number of nitrogen functional groups attached to an aromatic ring is 1. The molecule has 0 saturated heterocycles. The van der Waals surface area contributed by atoms with Gasteiger partial charge in [0.15, 0.2) is 0 Å².